The number of hydrogen-bond donors (Lipinski definition) is 1. The third-order valence-electron chi connectivity index (χ3n) is 6.35. The van der Waals surface area contributed by atoms with Crippen molar-refractivity contribution in [2.24, 2.45) is 7.05 Å². The Kier molecular flexibility index (Phi) is 5.71. The molecule has 1 N–H and O–H groups in total. The topological polar surface area (TPSA) is 68.0 Å². The van der Waals surface area contributed by atoms with Crippen molar-refractivity contribution >= 4 is 11.7 Å². The number of carbonyl (C=O) groups excluding carboxylic acids is 1. The zero-order chi connectivity index (χ0) is 24.1. The normalized spacial score (nSPS) is 18.1. The number of anilines is 1. The van der Waals surface area contributed by atoms with Crippen LogP contribution in [0.3, 0.4) is 0 Å². The molecule has 0 saturated carbocycles. The lowest BCUT2D eigenvalue weighted by molar-refractivity contribution is -0.173. The summed E-state index contributed by atoms with van der Waals surface area (Å²) in [6.07, 6.45) is -3.48. The van der Waals surface area contributed by atoms with Gasteiger partial charge in [-0.3, -0.25) is 9.48 Å². The van der Waals surface area contributed by atoms with E-state index in [4.69, 9.17) is 0 Å². The summed E-state index contributed by atoms with van der Waals surface area (Å²) in [6.45, 7) is 5.99. The van der Waals surface area contributed by atoms with Crippen LogP contribution in [0.15, 0.2) is 30.5 Å². The predicted molar refractivity (Wildman–Crippen MR) is 118 cm³/mol. The highest BCUT2D eigenvalue weighted by Crippen LogP contribution is 2.44. The second-order valence-electron chi connectivity index (χ2n) is 8.69. The maximum absolute atomic E-state index is 13.9. The van der Waals surface area contributed by atoms with E-state index in [1.165, 1.54) is 11.1 Å². The van der Waals surface area contributed by atoms with E-state index < -0.39 is 24.2 Å². The first-order valence-corrected chi connectivity index (χ1v) is 10.7. The molecule has 4 rings (SSSR count). The molecule has 1 aliphatic heterocycles. The monoisotopic (exact) mass is 460 g/mol. The Bertz CT molecular complexity index is 1180. The van der Waals surface area contributed by atoms with Crippen molar-refractivity contribution in [1.82, 2.24) is 24.5 Å². The van der Waals surface area contributed by atoms with Crippen molar-refractivity contribution in [3.63, 3.8) is 0 Å². The number of amides is 1. The Morgan fingerprint density at radius 3 is 2.45 bits per heavy atom. The summed E-state index contributed by atoms with van der Waals surface area (Å²) in [5.41, 5.74) is 4.51. The largest absolute Gasteiger partial charge is 0.410 e. The van der Waals surface area contributed by atoms with Gasteiger partial charge in [0.05, 0.1) is 17.9 Å². The summed E-state index contributed by atoms with van der Waals surface area (Å²) < 4.78 is 44.4. The summed E-state index contributed by atoms with van der Waals surface area (Å²) in [7, 11) is 3.45. The van der Waals surface area contributed by atoms with Crippen LogP contribution in [-0.2, 0) is 13.6 Å². The predicted octanol–water partition coefficient (Wildman–Crippen LogP) is 4.47. The van der Waals surface area contributed by atoms with E-state index in [0.29, 0.717) is 6.54 Å². The van der Waals surface area contributed by atoms with Gasteiger partial charge in [0.25, 0.3) is 5.91 Å². The van der Waals surface area contributed by atoms with Gasteiger partial charge in [-0.2, -0.15) is 23.4 Å². The van der Waals surface area contributed by atoms with Gasteiger partial charge in [-0.05, 0) is 26.3 Å². The first kappa shape index (κ1) is 22.9. The zero-order valence-electron chi connectivity index (χ0n) is 19.2. The van der Waals surface area contributed by atoms with Gasteiger partial charge in [0.1, 0.15) is 11.4 Å². The van der Waals surface area contributed by atoms with Crippen molar-refractivity contribution in [2.75, 3.05) is 12.4 Å². The Hall–Kier alpha value is -3.30. The van der Waals surface area contributed by atoms with Crippen LogP contribution < -0.4 is 5.32 Å². The number of rotatable bonds is 4. The minimum atomic E-state index is -4.50. The van der Waals surface area contributed by atoms with Gasteiger partial charge in [-0.1, -0.05) is 29.8 Å². The summed E-state index contributed by atoms with van der Waals surface area (Å²) in [5.74, 6) is -0.317. The molecule has 7 nitrogen and oxygen atoms in total. The minimum absolute atomic E-state index is 0.0885. The van der Waals surface area contributed by atoms with Crippen LogP contribution in [0.25, 0.3) is 0 Å². The van der Waals surface area contributed by atoms with Gasteiger partial charge >= 0.3 is 6.18 Å². The molecule has 1 amide bonds. The van der Waals surface area contributed by atoms with E-state index in [1.807, 2.05) is 52.1 Å². The fourth-order valence-electron chi connectivity index (χ4n) is 4.30. The number of aromatic nitrogens is 4. The Balaban J connectivity index is 1.67. The Labute approximate surface area is 190 Å². The number of aryl methyl sites for hydroxylation is 3. The van der Waals surface area contributed by atoms with Crippen molar-refractivity contribution in [2.45, 2.75) is 52.0 Å². The van der Waals surface area contributed by atoms with Crippen LogP contribution in [0.2, 0.25) is 0 Å². The summed E-state index contributed by atoms with van der Waals surface area (Å²) in [6, 6.07) is 4.94. The standard InChI is InChI=1S/C23H27F3N6O/c1-13-6-8-16(9-7-13)19-10-20(23(24,25)26)32-21(28-19)17(11-27-32)22(33)30(4)12-18-14(2)29-31(5)15(18)3/h6-9,11,19-20,28H,10,12H2,1-5H3/t19-,20+/m0/s1. The molecule has 176 valence electrons. The van der Waals surface area contributed by atoms with Gasteiger partial charge in [0.15, 0.2) is 6.04 Å². The minimum Gasteiger partial charge on any atom is -0.363 e. The number of nitrogens with zero attached hydrogens (tertiary/aromatic N) is 5. The van der Waals surface area contributed by atoms with Crippen molar-refractivity contribution in [3.8, 4) is 0 Å². The molecule has 0 spiro atoms. The highest BCUT2D eigenvalue weighted by atomic mass is 19.4. The van der Waals surface area contributed by atoms with Gasteiger partial charge in [-0.25, -0.2) is 4.68 Å². The van der Waals surface area contributed by atoms with Crippen LogP contribution in [0, 0.1) is 20.8 Å². The van der Waals surface area contributed by atoms with Crippen LogP contribution >= 0.6 is 0 Å². The van der Waals surface area contributed by atoms with Crippen molar-refractivity contribution in [3.05, 3.63) is 64.1 Å². The number of halogens is 3. The fraction of sp³-hybridized carbons (Fsp3) is 0.435. The van der Waals surface area contributed by atoms with Crippen LogP contribution in [0.5, 0.6) is 0 Å². The molecule has 10 heteroatoms. The molecule has 0 bridgehead atoms. The average molecular weight is 461 g/mol. The lowest BCUT2D eigenvalue weighted by atomic mass is 9.96. The van der Waals surface area contributed by atoms with Crippen LogP contribution in [0.1, 0.15) is 56.9 Å². The number of fused-ring (bicyclic) bond motifs is 1. The molecular formula is C23H27F3N6O. The van der Waals surface area contributed by atoms with E-state index in [2.05, 4.69) is 15.5 Å². The quantitative estimate of drug-likeness (QED) is 0.624. The van der Waals surface area contributed by atoms with E-state index in [1.54, 1.807) is 11.7 Å². The van der Waals surface area contributed by atoms with Crippen molar-refractivity contribution < 1.29 is 18.0 Å². The van der Waals surface area contributed by atoms with Gasteiger partial charge in [0, 0.05) is 38.3 Å². The molecule has 0 unspecified atom stereocenters. The van der Waals surface area contributed by atoms with E-state index >= 15 is 0 Å². The van der Waals surface area contributed by atoms with Gasteiger partial charge < -0.3 is 10.2 Å². The van der Waals surface area contributed by atoms with E-state index in [9.17, 15) is 18.0 Å². The summed E-state index contributed by atoms with van der Waals surface area (Å²) in [5, 5.41) is 11.5. The lowest BCUT2D eigenvalue weighted by Gasteiger charge is -2.34. The van der Waals surface area contributed by atoms with Crippen LogP contribution in [0.4, 0.5) is 19.0 Å². The Morgan fingerprint density at radius 2 is 1.88 bits per heavy atom. The maximum Gasteiger partial charge on any atom is 0.410 e. The van der Waals surface area contributed by atoms with Crippen LogP contribution in [-0.4, -0.2) is 43.6 Å². The number of nitrogens with one attached hydrogen (secondary N) is 1. The maximum atomic E-state index is 13.9. The second-order valence-corrected chi connectivity index (χ2v) is 8.69. The highest BCUT2D eigenvalue weighted by Gasteiger charge is 2.47. The molecule has 1 aromatic carbocycles. The molecule has 33 heavy (non-hydrogen) atoms. The molecule has 2 atom stereocenters. The first-order chi connectivity index (χ1) is 15.5. The van der Waals surface area contributed by atoms with Gasteiger partial charge in [0.2, 0.25) is 0 Å². The Morgan fingerprint density at radius 1 is 1.21 bits per heavy atom. The molecule has 0 saturated heterocycles. The first-order valence-electron chi connectivity index (χ1n) is 10.7. The molecule has 3 heterocycles. The molecule has 1 aliphatic rings. The fourth-order valence-corrected chi connectivity index (χ4v) is 4.30. The third kappa shape index (κ3) is 4.21. The zero-order valence-corrected chi connectivity index (χ0v) is 19.2. The smallest absolute Gasteiger partial charge is 0.363 e. The molecule has 0 aliphatic carbocycles. The second kappa shape index (κ2) is 8.24. The number of carbonyl (C=O) groups is 1. The molecular weight excluding hydrogens is 433 g/mol. The summed E-state index contributed by atoms with van der Waals surface area (Å²) in [4.78, 5) is 14.8. The highest BCUT2D eigenvalue weighted by molar-refractivity contribution is 5.98. The van der Waals surface area contributed by atoms with E-state index in [0.717, 1.165) is 32.8 Å². The molecule has 0 radical (unpaired) electrons. The molecule has 0 fully saturated rings. The summed E-state index contributed by atoms with van der Waals surface area (Å²) >= 11 is 0. The third-order valence-corrected chi connectivity index (χ3v) is 6.35. The SMILES string of the molecule is Cc1ccc([C@@H]2C[C@H](C(F)(F)F)n3ncc(C(=O)N(C)Cc4c(C)nn(C)c4C)c3N2)cc1. The number of benzene rings is 1. The molecule has 2 aromatic heterocycles. The van der Waals surface area contributed by atoms with Gasteiger partial charge in [-0.15, -0.1) is 0 Å². The van der Waals surface area contributed by atoms with Crippen molar-refractivity contribution in [1.29, 1.82) is 0 Å². The van der Waals surface area contributed by atoms with E-state index in [-0.39, 0.29) is 17.8 Å². The number of hydrogen-bond acceptors (Lipinski definition) is 4. The molecule has 3 aromatic rings. The lowest BCUT2D eigenvalue weighted by Crippen LogP contribution is -2.36. The number of alkyl halides is 3. The average Bonchev–Trinajstić information content (AvgIpc) is 3.28.